The van der Waals surface area contributed by atoms with Crippen LogP contribution in [-0.2, 0) is 0 Å². The predicted molar refractivity (Wildman–Crippen MR) is 97.9 cm³/mol. The van der Waals surface area contributed by atoms with Gasteiger partial charge in [-0.05, 0) is 37.3 Å². The molecule has 128 valence electrons. The van der Waals surface area contributed by atoms with E-state index in [1.807, 2.05) is 0 Å². The van der Waals surface area contributed by atoms with Crippen molar-refractivity contribution in [3.05, 3.63) is 59.7 Å². The second-order valence-corrected chi connectivity index (χ2v) is 5.15. The highest BCUT2D eigenvalue weighted by atomic mass is 16.1. The minimum atomic E-state index is -0.349. The van der Waals surface area contributed by atoms with Crippen molar-refractivity contribution in [2.75, 3.05) is 5.32 Å². The van der Waals surface area contributed by atoms with Crippen molar-refractivity contribution < 1.29 is 9.59 Å². The van der Waals surface area contributed by atoms with Crippen molar-refractivity contribution in [3.8, 4) is 0 Å². The average molecular weight is 338 g/mol. The Hall–Kier alpha value is -3.68. The monoisotopic (exact) mass is 338 g/mol. The molecule has 0 fully saturated rings. The predicted octanol–water partition coefficient (Wildman–Crippen LogP) is 1.36. The third-order valence-electron chi connectivity index (χ3n) is 3.12. The van der Waals surface area contributed by atoms with E-state index >= 15 is 0 Å². The zero-order chi connectivity index (χ0) is 18.4. The van der Waals surface area contributed by atoms with Crippen LogP contribution in [0.3, 0.4) is 0 Å². The standard InChI is InChI=1S/C17H18N6O2/c1-10(24)11-4-2-6-13(8-11)21-15(25)12-5-3-7-14(9-12)22-17(20)23-16(18)19/h2-9H,1H3,(H,21,25)(H6,18,19,20,22,23). The van der Waals surface area contributed by atoms with E-state index in [9.17, 15) is 9.59 Å². The molecule has 0 radical (unpaired) electrons. The number of amides is 1. The summed E-state index contributed by atoms with van der Waals surface area (Å²) < 4.78 is 0. The van der Waals surface area contributed by atoms with Crippen LogP contribution in [0, 0.1) is 0 Å². The van der Waals surface area contributed by atoms with E-state index < -0.39 is 0 Å². The van der Waals surface area contributed by atoms with Gasteiger partial charge in [0.25, 0.3) is 5.91 Å². The Morgan fingerprint density at radius 2 is 1.64 bits per heavy atom. The van der Waals surface area contributed by atoms with Gasteiger partial charge in [0.2, 0.25) is 5.96 Å². The number of anilines is 1. The Kier molecular flexibility index (Phi) is 5.47. The quantitative estimate of drug-likeness (QED) is 0.377. The van der Waals surface area contributed by atoms with Crippen molar-refractivity contribution in [3.63, 3.8) is 0 Å². The van der Waals surface area contributed by atoms with Gasteiger partial charge in [-0.1, -0.05) is 18.2 Å². The Morgan fingerprint density at radius 3 is 2.32 bits per heavy atom. The summed E-state index contributed by atoms with van der Waals surface area (Å²) in [6, 6.07) is 13.2. The highest BCUT2D eigenvalue weighted by Crippen LogP contribution is 2.17. The van der Waals surface area contributed by atoms with E-state index in [-0.39, 0.29) is 23.6 Å². The number of hydrogen-bond donors (Lipinski definition) is 4. The van der Waals surface area contributed by atoms with Crippen molar-refractivity contribution >= 4 is 35.0 Å². The number of nitrogens with two attached hydrogens (primary N) is 3. The number of carbonyl (C=O) groups excluding carboxylic acids is 2. The van der Waals surface area contributed by atoms with E-state index in [1.54, 1.807) is 48.5 Å². The first-order chi connectivity index (χ1) is 11.8. The minimum absolute atomic E-state index is 0.0809. The van der Waals surface area contributed by atoms with Crippen molar-refractivity contribution in [1.82, 2.24) is 0 Å². The molecule has 0 aliphatic heterocycles. The molecule has 0 bridgehead atoms. The Bertz CT molecular complexity index is 869. The van der Waals surface area contributed by atoms with Crippen LogP contribution in [0.25, 0.3) is 0 Å². The first-order valence-corrected chi connectivity index (χ1v) is 7.31. The second kappa shape index (κ2) is 7.73. The molecule has 8 nitrogen and oxygen atoms in total. The largest absolute Gasteiger partial charge is 0.370 e. The van der Waals surface area contributed by atoms with E-state index in [0.29, 0.717) is 22.5 Å². The third-order valence-corrected chi connectivity index (χ3v) is 3.12. The molecular formula is C17H18N6O2. The molecule has 1 amide bonds. The van der Waals surface area contributed by atoms with Gasteiger partial charge in [-0.2, -0.15) is 4.99 Å². The molecule has 7 N–H and O–H groups in total. The maximum atomic E-state index is 12.4. The summed E-state index contributed by atoms with van der Waals surface area (Å²) in [6.45, 7) is 1.46. The van der Waals surface area contributed by atoms with Crippen LogP contribution in [0.2, 0.25) is 0 Å². The number of Topliss-reactive ketones (excluding diaryl/α,β-unsaturated/α-hetero) is 1. The smallest absolute Gasteiger partial charge is 0.255 e. The van der Waals surface area contributed by atoms with Gasteiger partial charge in [-0.3, -0.25) is 9.59 Å². The highest BCUT2D eigenvalue weighted by Gasteiger charge is 2.08. The summed E-state index contributed by atoms with van der Waals surface area (Å²) in [4.78, 5) is 31.4. The zero-order valence-corrected chi connectivity index (χ0v) is 13.6. The number of benzene rings is 2. The van der Waals surface area contributed by atoms with Crippen LogP contribution >= 0.6 is 0 Å². The first-order valence-electron chi connectivity index (χ1n) is 7.31. The van der Waals surface area contributed by atoms with Gasteiger partial charge >= 0.3 is 0 Å². The van der Waals surface area contributed by atoms with Crippen LogP contribution in [0.15, 0.2) is 58.5 Å². The van der Waals surface area contributed by atoms with E-state index in [2.05, 4.69) is 15.3 Å². The molecule has 0 saturated heterocycles. The van der Waals surface area contributed by atoms with Crippen LogP contribution in [0.4, 0.5) is 11.4 Å². The molecule has 0 unspecified atom stereocenters. The lowest BCUT2D eigenvalue weighted by molar-refractivity contribution is 0.101. The molecule has 0 heterocycles. The fourth-order valence-electron chi connectivity index (χ4n) is 2.03. The topological polar surface area (TPSA) is 149 Å². The fraction of sp³-hybridized carbons (Fsp3) is 0.0588. The fourth-order valence-corrected chi connectivity index (χ4v) is 2.03. The molecule has 2 aromatic carbocycles. The summed E-state index contributed by atoms with van der Waals surface area (Å²) in [5.41, 5.74) is 17.8. The average Bonchev–Trinajstić information content (AvgIpc) is 2.54. The lowest BCUT2D eigenvalue weighted by atomic mass is 10.1. The molecule has 8 heteroatoms. The van der Waals surface area contributed by atoms with E-state index in [0.717, 1.165) is 0 Å². The van der Waals surface area contributed by atoms with Gasteiger partial charge in [0.05, 0.1) is 5.69 Å². The molecule has 0 atom stereocenters. The Labute approximate surface area is 144 Å². The maximum absolute atomic E-state index is 12.4. The molecule has 2 aromatic rings. The Balaban J connectivity index is 2.20. The first kappa shape index (κ1) is 17.7. The number of carbonyl (C=O) groups is 2. The van der Waals surface area contributed by atoms with Gasteiger partial charge in [0.15, 0.2) is 11.7 Å². The van der Waals surface area contributed by atoms with Crippen LogP contribution in [0.1, 0.15) is 27.6 Å². The summed E-state index contributed by atoms with van der Waals surface area (Å²) in [6.07, 6.45) is 0. The number of nitrogens with one attached hydrogen (secondary N) is 1. The van der Waals surface area contributed by atoms with Gasteiger partial charge in [-0.25, -0.2) is 4.99 Å². The van der Waals surface area contributed by atoms with E-state index in [4.69, 9.17) is 17.2 Å². The van der Waals surface area contributed by atoms with Gasteiger partial charge < -0.3 is 22.5 Å². The molecule has 0 aliphatic rings. The normalized spacial score (nSPS) is 10.8. The Morgan fingerprint density at radius 1 is 0.960 bits per heavy atom. The summed E-state index contributed by atoms with van der Waals surface area (Å²) >= 11 is 0. The van der Waals surface area contributed by atoms with Crippen molar-refractivity contribution in [1.29, 1.82) is 0 Å². The summed E-state index contributed by atoms with van der Waals surface area (Å²) in [7, 11) is 0. The number of hydrogen-bond acceptors (Lipinski definition) is 3. The molecule has 25 heavy (non-hydrogen) atoms. The van der Waals surface area contributed by atoms with Crippen LogP contribution in [0.5, 0.6) is 0 Å². The zero-order valence-electron chi connectivity index (χ0n) is 13.6. The SMILES string of the molecule is CC(=O)c1cccc(NC(=O)c2cccc(N=C(N)N=C(N)N)c2)c1. The van der Waals surface area contributed by atoms with Crippen molar-refractivity contribution in [2.45, 2.75) is 6.92 Å². The molecule has 0 aromatic heterocycles. The molecule has 0 saturated carbocycles. The van der Waals surface area contributed by atoms with Crippen LogP contribution < -0.4 is 22.5 Å². The lowest BCUT2D eigenvalue weighted by Crippen LogP contribution is -2.26. The number of nitrogens with zero attached hydrogens (tertiary/aromatic N) is 2. The van der Waals surface area contributed by atoms with E-state index in [1.165, 1.54) is 6.92 Å². The summed E-state index contributed by atoms with van der Waals surface area (Å²) in [5.74, 6) is -0.756. The second-order valence-electron chi connectivity index (χ2n) is 5.15. The van der Waals surface area contributed by atoms with Gasteiger partial charge in [0, 0.05) is 16.8 Å². The third kappa shape index (κ3) is 5.17. The van der Waals surface area contributed by atoms with Crippen LogP contribution in [-0.4, -0.2) is 23.6 Å². The highest BCUT2D eigenvalue weighted by molar-refractivity contribution is 6.05. The number of aliphatic imine (C=N–C) groups is 2. The summed E-state index contributed by atoms with van der Waals surface area (Å²) in [5, 5.41) is 2.73. The van der Waals surface area contributed by atoms with Crippen molar-refractivity contribution in [2.24, 2.45) is 27.2 Å². The lowest BCUT2D eigenvalue weighted by Gasteiger charge is -2.07. The molecule has 0 spiro atoms. The van der Waals surface area contributed by atoms with Gasteiger partial charge in [-0.15, -0.1) is 0 Å². The molecule has 0 aliphatic carbocycles. The molecule has 2 rings (SSSR count). The van der Waals surface area contributed by atoms with Gasteiger partial charge in [0.1, 0.15) is 0 Å². The number of rotatable bonds is 4. The maximum Gasteiger partial charge on any atom is 0.255 e. The number of ketones is 1. The molecular weight excluding hydrogens is 320 g/mol. The number of guanidine groups is 2. The minimum Gasteiger partial charge on any atom is -0.370 e.